The Bertz CT molecular complexity index is 464. The number of nitro benzene ring substituents is 1. The topological polar surface area (TPSA) is 58.4 Å². The maximum atomic E-state index is 13.8. The third-order valence-corrected chi connectivity index (χ3v) is 3.29. The lowest BCUT2D eigenvalue weighted by atomic mass is 10.0. The molecule has 0 radical (unpaired) electrons. The number of rotatable bonds is 4. The lowest BCUT2D eigenvalue weighted by Gasteiger charge is -2.33. The molecule has 1 N–H and O–H groups in total. The van der Waals surface area contributed by atoms with Crippen molar-refractivity contribution in [3.63, 3.8) is 0 Å². The second-order valence-electron chi connectivity index (χ2n) is 4.42. The largest absolute Gasteiger partial charge is 0.314 e. The van der Waals surface area contributed by atoms with E-state index in [1.807, 2.05) is 0 Å². The van der Waals surface area contributed by atoms with E-state index in [4.69, 9.17) is 0 Å². The summed E-state index contributed by atoms with van der Waals surface area (Å²) in [6.07, 6.45) is 0. The molecule has 7 heteroatoms. The van der Waals surface area contributed by atoms with Gasteiger partial charge >= 0.3 is 0 Å². The van der Waals surface area contributed by atoms with Gasteiger partial charge in [-0.15, -0.1) is 0 Å². The van der Waals surface area contributed by atoms with Gasteiger partial charge in [0, 0.05) is 43.9 Å². The van der Waals surface area contributed by atoms with Crippen molar-refractivity contribution >= 4 is 5.69 Å². The standard InChI is InChI=1S/C12H15F2N3O2/c13-8-12(16-5-3-15-4-6-16)10-7-9(17(18)19)1-2-11(10)14/h1-2,7,12,15H,3-6,8H2/t12-/m1/s1. The van der Waals surface area contributed by atoms with E-state index in [2.05, 4.69) is 5.32 Å². The fourth-order valence-corrected chi connectivity index (χ4v) is 2.27. The smallest absolute Gasteiger partial charge is 0.269 e. The molecule has 0 unspecified atom stereocenters. The fourth-order valence-electron chi connectivity index (χ4n) is 2.27. The predicted molar refractivity (Wildman–Crippen MR) is 66.2 cm³/mol. The molecule has 104 valence electrons. The Morgan fingerprint density at radius 1 is 1.42 bits per heavy atom. The summed E-state index contributed by atoms with van der Waals surface area (Å²) in [5, 5.41) is 13.8. The second-order valence-corrected chi connectivity index (χ2v) is 4.42. The van der Waals surface area contributed by atoms with Gasteiger partial charge in [0.05, 0.1) is 11.0 Å². The van der Waals surface area contributed by atoms with Crippen LogP contribution in [0.4, 0.5) is 14.5 Å². The number of halogens is 2. The average molecular weight is 271 g/mol. The summed E-state index contributed by atoms with van der Waals surface area (Å²) in [6, 6.07) is 2.48. The first-order chi connectivity index (χ1) is 9.13. The van der Waals surface area contributed by atoms with Gasteiger partial charge in [-0.05, 0) is 6.07 Å². The van der Waals surface area contributed by atoms with E-state index >= 15 is 0 Å². The number of piperazine rings is 1. The minimum atomic E-state index is -0.766. The highest BCUT2D eigenvalue weighted by molar-refractivity contribution is 5.37. The molecular formula is C12H15F2N3O2. The Kier molecular flexibility index (Phi) is 4.39. The lowest BCUT2D eigenvalue weighted by molar-refractivity contribution is -0.385. The minimum Gasteiger partial charge on any atom is -0.314 e. The summed E-state index contributed by atoms with van der Waals surface area (Å²) in [5.41, 5.74) is -0.163. The molecule has 1 aromatic carbocycles. The Morgan fingerprint density at radius 2 is 2.11 bits per heavy atom. The van der Waals surface area contributed by atoms with Gasteiger partial charge in [0.25, 0.3) is 5.69 Å². The molecule has 1 aliphatic rings. The Balaban J connectivity index is 2.30. The van der Waals surface area contributed by atoms with E-state index in [1.165, 1.54) is 0 Å². The zero-order valence-electron chi connectivity index (χ0n) is 10.3. The third-order valence-electron chi connectivity index (χ3n) is 3.29. The van der Waals surface area contributed by atoms with Crippen molar-refractivity contribution < 1.29 is 13.7 Å². The van der Waals surface area contributed by atoms with E-state index in [9.17, 15) is 18.9 Å². The summed E-state index contributed by atoms with van der Waals surface area (Å²) < 4.78 is 27.0. The molecule has 1 saturated heterocycles. The molecule has 0 aliphatic carbocycles. The molecule has 0 spiro atoms. The van der Waals surface area contributed by atoms with Gasteiger partial charge in [0.1, 0.15) is 12.5 Å². The normalized spacial score (nSPS) is 18.2. The molecule has 0 amide bonds. The van der Waals surface area contributed by atoms with Crippen LogP contribution in [0.15, 0.2) is 18.2 Å². The van der Waals surface area contributed by atoms with E-state index in [1.54, 1.807) is 4.90 Å². The van der Waals surface area contributed by atoms with Crippen molar-refractivity contribution in [1.82, 2.24) is 10.2 Å². The monoisotopic (exact) mass is 271 g/mol. The van der Waals surface area contributed by atoms with Crippen molar-refractivity contribution in [2.24, 2.45) is 0 Å². The average Bonchev–Trinajstić information content (AvgIpc) is 2.42. The van der Waals surface area contributed by atoms with Crippen LogP contribution in [0.3, 0.4) is 0 Å². The number of hydrogen-bond acceptors (Lipinski definition) is 4. The van der Waals surface area contributed by atoms with Crippen molar-refractivity contribution in [3.05, 3.63) is 39.7 Å². The Morgan fingerprint density at radius 3 is 2.68 bits per heavy atom. The van der Waals surface area contributed by atoms with Crippen LogP contribution in [0.1, 0.15) is 11.6 Å². The molecule has 0 aromatic heterocycles. The van der Waals surface area contributed by atoms with E-state index in [0.717, 1.165) is 18.2 Å². The second kappa shape index (κ2) is 6.03. The number of nitro groups is 1. The third kappa shape index (κ3) is 3.05. The summed E-state index contributed by atoms with van der Waals surface area (Å²) in [5.74, 6) is -0.605. The van der Waals surface area contributed by atoms with Crippen LogP contribution in [-0.2, 0) is 0 Å². The van der Waals surface area contributed by atoms with E-state index in [0.29, 0.717) is 26.2 Å². The maximum Gasteiger partial charge on any atom is 0.269 e. The van der Waals surface area contributed by atoms with Crippen LogP contribution < -0.4 is 5.32 Å². The number of alkyl halides is 1. The first-order valence-corrected chi connectivity index (χ1v) is 6.08. The Hall–Kier alpha value is -1.60. The highest BCUT2D eigenvalue weighted by Gasteiger charge is 2.26. The molecule has 2 rings (SSSR count). The minimum absolute atomic E-state index is 0.0543. The first-order valence-electron chi connectivity index (χ1n) is 6.08. The molecule has 1 fully saturated rings. The number of non-ortho nitro benzene ring substituents is 1. The van der Waals surface area contributed by atoms with Crippen LogP contribution in [-0.4, -0.2) is 42.7 Å². The molecule has 5 nitrogen and oxygen atoms in total. The van der Waals surface area contributed by atoms with Gasteiger partial charge in [0.15, 0.2) is 0 Å². The molecule has 1 heterocycles. The molecule has 1 atom stereocenters. The lowest BCUT2D eigenvalue weighted by Crippen LogP contribution is -2.45. The fraction of sp³-hybridized carbons (Fsp3) is 0.500. The van der Waals surface area contributed by atoms with Gasteiger partial charge in [-0.3, -0.25) is 15.0 Å². The summed E-state index contributed by atoms with van der Waals surface area (Å²) in [7, 11) is 0. The van der Waals surface area contributed by atoms with Crippen molar-refractivity contribution in [1.29, 1.82) is 0 Å². The zero-order chi connectivity index (χ0) is 13.8. The van der Waals surface area contributed by atoms with Gasteiger partial charge in [0.2, 0.25) is 0 Å². The van der Waals surface area contributed by atoms with Gasteiger partial charge in [-0.25, -0.2) is 8.78 Å². The molecule has 0 bridgehead atoms. The van der Waals surface area contributed by atoms with E-state index in [-0.39, 0.29) is 11.3 Å². The Labute approximate surface area is 109 Å². The van der Waals surface area contributed by atoms with Gasteiger partial charge < -0.3 is 5.32 Å². The summed E-state index contributed by atoms with van der Waals surface area (Å²) in [4.78, 5) is 11.9. The van der Waals surface area contributed by atoms with Gasteiger partial charge in [-0.2, -0.15) is 0 Å². The molecular weight excluding hydrogens is 256 g/mol. The first kappa shape index (κ1) is 13.8. The van der Waals surface area contributed by atoms with Crippen LogP contribution in [0.25, 0.3) is 0 Å². The van der Waals surface area contributed by atoms with Gasteiger partial charge in [-0.1, -0.05) is 0 Å². The molecule has 19 heavy (non-hydrogen) atoms. The van der Waals surface area contributed by atoms with Crippen molar-refractivity contribution in [2.75, 3.05) is 32.9 Å². The highest BCUT2D eigenvalue weighted by Crippen LogP contribution is 2.27. The summed E-state index contributed by atoms with van der Waals surface area (Å²) in [6.45, 7) is 1.83. The number of benzene rings is 1. The quantitative estimate of drug-likeness (QED) is 0.668. The SMILES string of the molecule is O=[N+]([O-])c1ccc(F)c([C@@H](CF)N2CCNCC2)c1. The molecule has 0 saturated carbocycles. The predicted octanol–water partition coefficient (Wildman–Crippen LogP) is 1.65. The van der Waals surface area contributed by atoms with Crippen molar-refractivity contribution in [2.45, 2.75) is 6.04 Å². The van der Waals surface area contributed by atoms with Crippen LogP contribution in [0.2, 0.25) is 0 Å². The number of nitrogens with one attached hydrogen (secondary N) is 1. The van der Waals surface area contributed by atoms with E-state index < -0.39 is 23.5 Å². The maximum absolute atomic E-state index is 13.8. The van der Waals surface area contributed by atoms with Crippen LogP contribution in [0.5, 0.6) is 0 Å². The van der Waals surface area contributed by atoms with Crippen molar-refractivity contribution in [3.8, 4) is 0 Å². The summed E-state index contributed by atoms with van der Waals surface area (Å²) >= 11 is 0. The van der Waals surface area contributed by atoms with Crippen LogP contribution in [0, 0.1) is 15.9 Å². The molecule has 1 aromatic rings. The highest BCUT2D eigenvalue weighted by atomic mass is 19.1. The van der Waals surface area contributed by atoms with Crippen LogP contribution >= 0.6 is 0 Å². The number of nitrogens with zero attached hydrogens (tertiary/aromatic N) is 2. The molecule has 1 aliphatic heterocycles. The number of hydrogen-bond donors (Lipinski definition) is 1. The zero-order valence-corrected chi connectivity index (χ0v) is 10.3.